The molecule has 120 valence electrons. The molecule has 0 saturated carbocycles. The highest BCUT2D eigenvalue weighted by molar-refractivity contribution is 6.04. The maximum atomic E-state index is 12.3. The van der Waals surface area contributed by atoms with Crippen LogP contribution in [-0.2, 0) is 0 Å². The van der Waals surface area contributed by atoms with E-state index in [1.807, 2.05) is 0 Å². The van der Waals surface area contributed by atoms with E-state index in [0.29, 0.717) is 35.2 Å². The van der Waals surface area contributed by atoms with Crippen molar-refractivity contribution in [3.05, 3.63) is 48.8 Å². The fraction of sp³-hybridized carbons (Fsp3) is 0.188. The molecule has 1 heterocycles. The van der Waals surface area contributed by atoms with E-state index < -0.39 is 0 Å². The number of carbonyl (C=O) groups excluding carboxylic acids is 1. The molecule has 0 atom stereocenters. The van der Waals surface area contributed by atoms with Crippen LogP contribution < -0.4 is 20.1 Å². The lowest BCUT2D eigenvalue weighted by Crippen LogP contribution is -2.14. The molecule has 0 radical (unpaired) electrons. The van der Waals surface area contributed by atoms with Crippen LogP contribution in [0.3, 0.4) is 0 Å². The van der Waals surface area contributed by atoms with Gasteiger partial charge in [-0.05, 0) is 12.1 Å². The predicted octanol–water partition coefficient (Wildman–Crippen LogP) is 2.34. The summed E-state index contributed by atoms with van der Waals surface area (Å²) < 4.78 is 10.4. The first-order valence-electron chi connectivity index (χ1n) is 6.88. The first kappa shape index (κ1) is 16.3. The fourth-order valence-corrected chi connectivity index (χ4v) is 1.81. The highest BCUT2D eigenvalue weighted by Crippen LogP contribution is 2.29. The minimum Gasteiger partial charge on any atom is -0.497 e. The fourth-order valence-electron chi connectivity index (χ4n) is 1.81. The number of rotatable bonds is 7. The quantitative estimate of drug-likeness (QED) is 0.763. The van der Waals surface area contributed by atoms with Crippen molar-refractivity contribution in [1.29, 1.82) is 0 Å². The van der Waals surface area contributed by atoms with E-state index in [9.17, 15) is 4.79 Å². The van der Waals surface area contributed by atoms with E-state index in [-0.39, 0.29) is 5.91 Å². The molecule has 0 aliphatic carbocycles. The maximum absolute atomic E-state index is 12.3. The number of methoxy groups -OCH3 is 2. The maximum Gasteiger partial charge on any atom is 0.258 e. The highest BCUT2D eigenvalue weighted by atomic mass is 16.5. The Bertz CT molecular complexity index is 686. The summed E-state index contributed by atoms with van der Waals surface area (Å²) in [4.78, 5) is 20.4. The average Bonchev–Trinajstić information content (AvgIpc) is 2.60. The summed E-state index contributed by atoms with van der Waals surface area (Å²) in [6.07, 6.45) is 4.58. The van der Waals surface area contributed by atoms with Crippen LogP contribution in [0.25, 0.3) is 0 Å². The van der Waals surface area contributed by atoms with Crippen LogP contribution in [0.2, 0.25) is 0 Å². The molecule has 2 aromatic rings. The van der Waals surface area contributed by atoms with E-state index in [2.05, 4.69) is 27.2 Å². The third kappa shape index (κ3) is 4.19. The third-order valence-corrected chi connectivity index (χ3v) is 2.97. The number of hydrogen-bond donors (Lipinski definition) is 2. The van der Waals surface area contributed by atoms with Gasteiger partial charge in [-0.3, -0.25) is 4.79 Å². The molecule has 0 aliphatic rings. The van der Waals surface area contributed by atoms with Crippen LogP contribution in [0.15, 0.2) is 43.2 Å². The molecular formula is C16H18N4O3. The number of ether oxygens (including phenoxy) is 2. The Morgan fingerprint density at radius 1 is 1.26 bits per heavy atom. The van der Waals surface area contributed by atoms with Crippen LogP contribution in [0.4, 0.5) is 11.6 Å². The lowest BCUT2D eigenvalue weighted by Gasteiger charge is -2.11. The average molecular weight is 314 g/mol. The third-order valence-electron chi connectivity index (χ3n) is 2.97. The number of nitrogens with zero attached hydrogens (tertiary/aromatic N) is 2. The Kier molecular flexibility index (Phi) is 5.51. The zero-order valence-electron chi connectivity index (χ0n) is 13.0. The molecule has 2 rings (SSSR count). The zero-order valence-corrected chi connectivity index (χ0v) is 13.0. The molecule has 23 heavy (non-hydrogen) atoms. The lowest BCUT2D eigenvalue weighted by atomic mass is 10.2. The summed E-state index contributed by atoms with van der Waals surface area (Å²) in [5.74, 6) is 1.23. The molecule has 0 unspecified atom stereocenters. The Hall–Kier alpha value is -3.09. The van der Waals surface area contributed by atoms with Gasteiger partial charge >= 0.3 is 0 Å². The highest BCUT2D eigenvalue weighted by Gasteiger charge is 2.12. The number of nitrogens with one attached hydrogen (secondary N) is 2. The molecule has 0 fully saturated rings. The Labute approximate surface area is 134 Å². The molecule has 0 aliphatic heterocycles. The van der Waals surface area contributed by atoms with E-state index in [1.165, 1.54) is 19.5 Å². The standard InChI is InChI=1S/C16H18N4O3/c1-4-7-17-16-18-9-11(10-19-16)15(21)20-13-8-12(22-2)5-6-14(13)23-3/h4-6,8-10H,1,7H2,2-3H3,(H,20,21)(H,17,18,19). The summed E-state index contributed by atoms with van der Waals surface area (Å²) in [5.41, 5.74) is 0.838. The molecule has 0 spiro atoms. The van der Waals surface area contributed by atoms with Crippen LogP contribution in [0.1, 0.15) is 10.4 Å². The Morgan fingerprint density at radius 3 is 2.61 bits per heavy atom. The van der Waals surface area contributed by atoms with Gasteiger partial charge in [-0.15, -0.1) is 6.58 Å². The molecular weight excluding hydrogens is 296 g/mol. The summed E-state index contributed by atoms with van der Waals surface area (Å²) in [7, 11) is 3.08. The first-order chi connectivity index (χ1) is 11.2. The summed E-state index contributed by atoms with van der Waals surface area (Å²) in [6.45, 7) is 4.14. The Balaban J connectivity index is 2.13. The largest absolute Gasteiger partial charge is 0.497 e. The van der Waals surface area contributed by atoms with Crippen LogP contribution >= 0.6 is 0 Å². The van der Waals surface area contributed by atoms with Crippen molar-refractivity contribution >= 4 is 17.5 Å². The molecule has 7 nitrogen and oxygen atoms in total. The van der Waals surface area contributed by atoms with Crippen molar-refractivity contribution in [2.45, 2.75) is 0 Å². The molecule has 1 aromatic carbocycles. The zero-order chi connectivity index (χ0) is 16.7. The van der Waals surface area contributed by atoms with Crippen LogP contribution in [0.5, 0.6) is 11.5 Å². The summed E-state index contributed by atoms with van der Waals surface area (Å²) in [5, 5.41) is 5.69. The minimum atomic E-state index is -0.341. The van der Waals surface area contributed by atoms with E-state index >= 15 is 0 Å². The smallest absolute Gasteiger partial charge is 0.258 e. The van der Waals surface area contributed by atoms with E-state index in [4.69, 9.17) is 9.47 Å². The molecule has 0 bridgehead atoms. The predicted molar refractivity (Wildman–Crippen MR) is 88.2 cm³/mol. The van der Waals surface area contributed by atoms with Gasteiger partial charge in [0, 0.05) is 25.0 Å². The number of amides is 1. The van der Waals surface area contributed by atoms with Gasteiger partial charge in [0.2, 0.25) is 5.95 Å². The van der Waals surface area contributed by atoms with E-state index in [0.717, 1.165) is 0 Å². The van der Waals surface area contributed by atoms with Gasteiger partial charge in [0.1, 0.15) is 11.5 Å². The van der Waals surface area contributed by atoms with Crippen molar-refractivity contribution in [3.63, 3.8) is 0 Å². The summed E-state index contributed by atoms with van der Waals surface area (Å²) >= 11 is 0. The second-order valence-electron chi connectivity index (χ2n) is 4.49. The second-order valence-corrected chi connectivity index (χ2v) is 4.49. The van der Waals surface area contributed by atoms with Crippen molar-refractivity contribution in [3.8, 4) is 11.5 Å². The van der Waals surface area contributed by atoms with E-state index in [1.54, 1.807) is 31.4 Å². The van der Waals surface area contributed by atoms with Gasteiger partial charge in [0.05, 0.1) is 25.5 Å². The minimum absolute atomic E-state index is 0.332. The molecule has 7 heteroatoms. The number of hydrogen-bond acceptors (Lipinski definition) is 6. The number of benzene rings is 1. The lowest BCUT2D eigenvalue weighted by molar-refractivity contribution is 0.102. The van der Waals surface area contributed by atoms with Crippen molar-refractivity contribution in [2.24, 2.45) is 0 Å². The molecule has 1 amide bonds. The van der Waals surface area contributed by atoms with Gasteiger partial charge in [-0.1, -0.05) is 6.08 Å². The van der Waals surface area contributed by atoms with Crippen molar-refractivity contribution < 1.29 is 14.3 Å². The topological polar surface area (TPSA) is 85.4 Å². The van der Waals surface area contributed by atoms with Crippen LogP contribution in [0, 0.1) is 0 Å². The monoisotopic (exact) mass is 314 g/mol. The second kappa shape index (κ2) is 7.79. The molecule has 1 aromatic heterocycles. The normalized spacial score (nSPS) is 9.83. The first-order valence-corrected chi connectivity index (χ1v) is 6.88. The van der Waals surface area contributed by atoms with Crippen molar-refractivity contribution in [2.75, 3.05) is 31.4 Å². The van der Waals surface area contributed by atoms with Crippen LogP contribution in [-0.4, -0.2) is 36.6 Å². The number of carbonyl (C=O) groups is 1. The van der Waals surface area contributed by atoms with Gasteiger partial charge < -0.3 is 20.1 Å². The van der Waals surface area contributed by atoms with Gasteiger partial charge in [0.25, 0.3) is 5.91 Å². The molecule has 2 N–H and O–H groups in total. The Morgan fingerprint density at radius 2 is 2.00 bits per heavy atom. The van der Waals surface area contributed by atoms with Crippen molar-refractivity contribution in [1.82, 2.24) is 9.97 Å². The van der Waals surface area contributed by atoms with Gasteiger partial charge in [0.15, 0.2) is 0 Å². The van der Waals surface area contributed by atoms with Gasteiger partial charge in [-0.25, -0.2) is 9.97 Å². The summed E-state index contributed by atoms with van der Waals surface area (Å²) in [6, 6.07) is 5.14. The SMILES string of the molecule is C=CCNc1ncc(C(=O)Nc2cc(OC)ccc2OC)cn1. The number of anilines is 2. The molecule has 0 saturated heterocycles. The number of aromatic nitrogens is 2. The van der Waals surface area contributed by atoms with Gasteiger partial charge in [-0.2, -0.15) is 0 Å².